The summed E-state index contributed by atoms with van der Waals surface area (Å²) < 4.78 is 27.1. The van der Waals surface area contributed by atoms with Gasteiger partial charge in [-0.05, 0) is 90.1 Å². The number of phenols is 1. The van der Waals surface area contributed by atoms with E-state index in [2.05, 4.69) is 0 Å². The Bertz CT molecular complexity index is 997. The van der Waals surface area contributed by atoms with Crippen LogP contribution in [0.1, 0.15) is 62.3 Å². The van der Waals surface area contributed by atoms with Crippen LogP contribution in [0.15, 0.2) is 48.5 Å². The molecule has 204 valence electrons. The summed E-state index contributed by atoms with van der Waals surface area (Å²) >= 11 is 0. The minimum Gasteiger partial charge on any atom is -0.508 e. The van der Waals surface area contributed by atoms with Crippen LogP contribution in [0.2, 0.25) is 0 Å². The van der Waals surface area contributed by atoms with Crippen molar-refractivity contribution >= 4 is 11.6 Å². The zero-order valence-corrected chi connectivity index (χ0v) is 22.4. The van der Waals surface area contributed by atoms with E-state index in [-0.39, 0.29) is 36.1 Å². The smallest absolute Gasteiger partial charge is 0.163 e. The SMILES string of the molecule is CC(=O)c1ccc(O)cc1.CC(=O)c1ccc(OCC2COC(C)(C)O2)cc1.CC1(C)OCC(CO)O1. The molecule has 2 heterocycles. The number of phenolic OH excluding ortho intramolecular Hbond substituents is 1. The molecular weight excluding hydrogens is 480 g/mol. The molecule has 9 nitrogen and oxygen atoms in total. The minimum absolute atomic E-state index is 0.0139. The van der Waals surface area contributed by atoms with Gasteiger partial charge in [-0.25, -0.2) is 0 Å². The maximum absolute atomic E-state index is 11.1. The number of carbonyl (C=O) groups is 2. The Morgan fingerprint density at radius 3 is 1.59 bits per heavy atom. The Labute approximate surface area is 218 Å². The van der Waals surface area contributed by atoms with E-state index in [1.165, 1.54) is 19.1 Å². The molecule has 0 aromatic heterocycles. The molecule has 0 aliphatic carbocycles. The van der Waals surface area contributed by atoms with Crippen molar-refractivity contribution in [3.8, 4) is 11.5 Å². The molecule has 2 N–H and O–H groups in total. The first-order chi connectivity index (χ1) is 17.3. The van der Waals surface area contributed by atoms with Gasteiger partial charge >= 0.3 is 0 Å². The van der Waals surface area contributed by atoms with Crippen LogP contribution in [0.25, 0.3) is 0 Å². The lowest BCUT2D eigenvalue weighted by atomic mass is 10.1. The molecule has 2 aromatic rings. The molecule has 37 heavy (non-hydrogen) atoms. The van der Waals surface area contributed by atoms with Crippen molar-refractivity contribution in [2.45, 2.75) is 65.3 Å². The third-order valence-corrected chi connectivity index (χ3v) is 5.31. The molecule has 0 amide bonds. The average Bonchev–Trinajstić information content (AvgIpc) is 3.39. The van der Waals surface area contributed by atoms with Gasteiger partial charge in [0.1, 0.15) is 30.3 Å². The largest absolute Gasteiger partial charge is 0.508 e. The molecular formula is C28H38O9. The molecule has 2 unspecified atom stereocenters. The molecule has 9 heteroatoms. The number of carbonyl (C=O) groups excluding carboxylic acids is 2. The second kappa shape index (κ2) is 13.6. The van der Waals surface area contributed by atoms with Crippen LogP contribution in [0.5, 0.6) is 11.5 Å². The summed E-state index contributed by atoms with van der Waals surface area (Å²) in [6.07, 6.45) is -0.174. The first kappa shape index (κ1) is 30.4. The van der Waals surface area contributed by atoms with Gasteiger partial charge in [-0.1, -0.05) is 0 Å². The first-order valence-electron chi connectivity index (χ1n) is 12.1. The molecule has 4 rings (SSSR count). The highest BCUT2D eigenvalue weighted by atomic mass is 16.8. The van der Waals surface area contributed by atoms with Gasteiger partial charge in [0.2, 0.25) is 0 Å². The van der Waals surface area contributed by atoms with E-state index in [0.29, 0.717) is 30.9 Å². The molecule has 2 aliphatic heterocycles. The standard InChI is InChI=1S/C14H18O4.C8H8O2.C6H12O3/c1-10(15)11-4-6-12(7-5-11)16-8-13-9-17-14(2,3)18-13;1-6(9)7-2-4-8(10)5-3-7;1-6(2)8-4-5(3-7)9-6/h4-7,13H,8-9H2,1-3H3;2-5,10H,1H3;5,7H,3-4H2,1-2H3. The van der Waals surface area contributed by atoms with Crippen molar-refractivity contribution in [3.63, 3.8) is 0 Å². The Kier molecular flexibility index (Phi) is 11.2. The molecule has 0 radical (unpaired) electrons. The second-order valence-electron chi connectivity index (χ2n) is 9.58. The van der Waals surface area contributed by atoms with Gasteiger partial charge in [-0.3, -0.25) is 9.59 Å². The quantitative estimate of drug-likeness (QED) is 0.543. The molecule has 2 saturated heterocycles. The van der Waals surface area contributed by atoms with Crippen LogP contribution in [-0.4, -0.2) is 72.0 Å². The monoisotopic (exact) mass is 518 g/mol. The Morgan fingerprint density at radius 2 is 1.24 bits per heavy atom. The number of hydrogen-bond acceptors (Lipinski definition) is 9. The summed E-state index contributed by atoms with van der Waals surface area (Å²) in [5.74, 6) is -0.0333. The molecule has 2 aromatic carbocycles. The van der Waals surface area contributed by atoms with Gasteiger partial charge in [0, 0.05) is 11.1 Å². The van der Waals surface area contributed by atoms with E-state index < -0.39 is 11.6 Å². The van der Waals surface area contributed by atoms with Crippen molar-refractivity contribution in [1.29, 1.82) is 0 Å². The summed E-state index contributed by atoms with van der Waals surface area (Å²) in [5.41, 5.74) is 1.31. The maximum Gasteiger partial charge on any atom is 0.163 e. The number of ketones is 2. The molecule has 0 spiro atoms. The summed E-state index contributed by atoms with van der Waals surface area (Å²) in [6, 6.07) is 13.3. The summed E-state index contributed by atoms with van der Waals surface area (Å²) in [7, 11) is 0. The van der Waals surface area contributed by atoms with Crippen LogP contribution in [0.3, 0.4) is 0 Å². The van der Waals surface area contributed by atoms with E-state index >= 15 is 0 Å². The number of aliphatic hydroxyl groups is 1. The topological polar surface area (TPSA) is 121 Å². The van der Waals surface area contributed by atoms with Crippen LogP contribution < -0.4 is 4.74 Å². The Morgan fingerprint density at radius 1 is 0.811 bits per heavy atom. The number of benzene rings is 2. The van der Waals surface area contributed by atoms with Crippen molar-refractivity contribution in [1.82, 2.24) is 0 Å². The van der Waals surface area contributed by atoms with Crippen molar-refractivity contribution in [2.75, 3.05) is 26.4 Å². The summed E-state index contributed by atoms with van der Waals surface area (Å²) in [5, 5.41) is 17.4. The third kappa shape index (κ3) is 11.0. The van der Waals surface area contributed by atoms with Gasteiger partial charge in [0.25, 0.3) is 0 Å². The van der Waals surface area contributed by atoms with Crippen LogP contribution in [0, 0.1) is 0 Å². The minimum atomic E-state index is -0.521. The zero-order chi connectivity index (χ0) is 27.6. The van der Waals surface area contributed by atoms with Gasteiger partial charge in [-0.2, -0.15) is 0 Å². The second-order valence-corrected chi connectivity index (χ2v) is 9.58. The molecule has 2 fully saturated rings. The van der Waals surface area contributed by atoms with Gasteiger partial charge < -0.3 is 33.9 Å². The van der Waals surface area contributed by atoms with E-state index in [1.807, 2.05) is 27.7 Å². The zero-order valence-electron chi connectivity index (χ0n) is 22.4. The number of ether oxygens (including phenoxy) is 5. The fourth-order valence-electron chi connectivity index (χ4n) is 3.37. The van der Waals surface area contributed by atoms with Crippen LogP contribution >= 0.6 is 0 Å². The van der Waals surface area contributed by atoms with Gasteiger partial charge in [0.05, 0.1) is 19.8 Å². The predicted molar refractivity (Wildman–Crippen MR) is 137 cm³/mol. The fourth-order valence-corrected chi connectivity index (χ4v) is 3.37. The highest BCUT2D eigenvalue weighted by Gasteiger charge is 2.33. The van der Waals surface area contributed by atoms with E-state index in [1.54, 1.807) is 43.3 Å². The van der Waals surface area contributed by atoms with E-state index in [4.69, 9.17) is 33.9 Å². The number of hydrogen-bond donors (Lipinski definition) is 2. The molecule has 0 bridgehead atoms. The van der Waals surface area contributed by atoms with E-state index in [0.717, 1.165) is 5.75 Å². The Hall–Kier alpha value is -2.82. The van der Waals surface area contributed by atoms with Crippen LogP contribution in [0.4, 0.5) is 0 Å². The van der Waals surface area contributed by atoms with Gasteiger partial charge in [-0.15, -0.1) is 0 Å². The van der Waals surface area contributed by atoms with E-state index in [9.17, 15) is 9.59 Å². The number of aliphatic hydroxyl groups excluding tert-OH is 1. The maximum atomic E-state index is 11.1. The Balaban J connectivity index is 0.000000214. The number of aromatic hydroxyl groups is 1. The van der Waals surface area contributed by atoms with Crippen molar-refractivity contribution in [2.24, 2.45) is 0 Å². The molecule has 2 atom stereocenters. The molecule has 2 aliphatic rings. The predicted octanol–water partition coefficient (Wildman–Crippen LogP) is 4.14. The third-order valence-electron chi connectivity index (χ3n) is 5.31. The first-order valence-corrected chi connectivity index (χ1v) is 12.1. The highest BCUT2D eigenvalue weighted by molar-refractivity contribution is 5.94. The lowest BCUT2D eigenvalue weighted by Crippen LogP contribution is -2.25. The van der Waals surface area contributed by atoms with Crippen LogP contribution in [-0.2, 0) is 18.9 Å². The van der Waals surface area contributed by atoms with Crippen molar-refractivity contribution < 1.29 is 43.5 Å². The normalized spacial score (nSPS) is 21.2. The fraction of sp³-hybridized carbons (Fsp3) is 0.500. The lowest BCUT2D eigenvalue weighted by molar-refractivity contribution is -0.142. The number of rotatable bonds is 6. The summed E-state index contributed by atoms with van der Waals surface area (Å²) in [6.45, 7) is 12.0. The summed E-state index contributed by atoms with van der Waals surface area (Å²) in [4.78, 5) is 21.8. The van der Waals surface area contributed by atoms with Gasteiger partial charge in [0.15, 0.2) is 23.1 Å². The average molecular weight is 519 g/mol. The van der Waals surface area contributed by atoms with Crippen molar-refractivity contribution in [3.05, 3.63) is 59.7 Å². The highest BCUT2D eigenvalue weighted by Crippen LogP contribution is 2.23. The molecule has 0 saturated carbocycles. The lowest BCUT2D eigenvalue weighted by Gasteiger charge is -2.17. The number of Topliss-reactive ketones (excluding diaryl/α,β-unsaturated/α-hetero) is 2.